The molecule has 0 saturated carbocycles. The number of aromatic nitrogens is 2. The Morgan fingerprint density at radius 2 is 1.35 bits per heavy atom. The number of nitrogens with one attached hydrogen (secondary N) is 1. The Labute approximate surface area is 189 Å². The van der Waals surface area contributed by atoms with E-state index in [1.54, 1.807) is 0 Å². The van der Waals surface area contributed by atoms with Crippen molar-refractivity contribution >= 4 is 55.8 Å². The number of fused-ring (bicyclic) bond motifs is 3. The van der Waals surface area contributed by atoms with Gasteiger partial charge in [0, 0.05) is 21.5 Å². The van der Waals surface area contributed by atoms with Gasteiger partial charge in [-0.1, -0.05) is 89.9 Å². The molecular formula is C27H16Cl2N2. The molecule has 0 fully saturated rings. The summed E-state index contributed by atoms with van der Waals surface area (Å²) in [6.07, 6.45) is 0. The maximum atomic E-state index is 6.95. The highest BCUT2D eigenvalue weighted by Crippen LogP contribution is 2.42. The van der Waals surface area contributed by atoms with Gasteiger partial charge in [-0.05, 0) is 46.0 Å². The van der Waals surface area contributed by atoms with Crippen LogP contribution >= 0.6 is 23.2 Å². The first kappa shape index (κ1) is 18.4. The molecule has 0 radical (unpaired) electrons. The van der Waals surface area contributed by atoms with E-state index in [4.69, 9.17) is 28.2 Å². The maximum Gasteiger partial charge on any atom is 0.139 e. The van der Waals surface area contributed by atoms with Crippen molar-refractivity contribution in [1.29, 1.82) is 0 Å². The van der Waals surface area contributed by atoms with Crippen LogP contribution in [0.2, 0.25) is 10.0 Å². The average Bonchev–Trinajstić information content (AvgIpc) is 3.23. The fourth-order valence-corrected chi connectivity index (χ4v) is 4.79. The molecule has 0 spiro atoms. The summed E-state index contributed by atoms with van der Waals surface area (Å²) in [4.78, 5) is 8.41. The fourth-order valence-electron chi connectivity index (χ4n) is 4.29. The van der Waals surface area contributed by atoms with E-state index in [0.29, 0.717) is 10.0 Å². The van der Waals surface area contributed by atoms with Gasteiger partial charge in [-0.2, -0.15) is 0 Å². The van der Waals surface area contributed by atoms with E-state index < -0.39 is 0 Å². The average molecular weight is 439 g/mol. The number of aromatic amines is 1. The summed E-state index contributed by atoms with van der Waals surface area (Å²) >= 11 is 13.2. The van der Waals surface area contributed by atoms with Gasteiger partial charge in [0.1, 0.15) is 5.82 Å². The van der Waals surface area contributed by atoms with E-state index in [1.165, 1.54) is 0 Å². The van der Waals surface area contributed by atoms with Crippen molar-refractivity contribution in [1.82, 2.24) is 9.97 Å². The van der Waals surface area contributed by atoms with Gasteiger partial charge in [-0.15, -0.1) is 0 Å². The molecule has 1 N–H and O–H groups in total. The minimum atomic E-state index is 0.669. The van der Waals surface area contributed by atoms with Crippen molar-refractivity contribution in [3.8, 4) is 22.5 Å². The Bertz CT molecular complexity index is 1580. The Morgan fingerprint density at radius 3 is 2.23 bits per heavy atom. The second-order valence-electron chi connectivity index (χ2n) is 7.60. The second kappa shape index (κ2) is 7.12. The Hall–Kier alpha value is -3.33. The van der Waals surface area contributed by atoms with Gasteiger partial charge in [0.25, 0.3) is 0 Å². The molecule has 6 rings (SSSR count). The van der Waals surface area contributed by atoms with Crippen molar-refractivity contribution in [2.75, 3.05) is 0 Å². The quantitative estimate of drug-likeness (QED) is 0.288. The number of rotatable bonds is 2. The summed E-state index contributed by atoms with van der Waals surface area (Å²) in [5.41, 5.74) is 4.97. The monoisotopic (exact) mass is 438 g/mol. The highest BCUT2D eigenvalue weighted by atomic mass is 35.5. The van der Waals surface area contributed by atoms with Crippen molar-refractivity contribution in [2.24, 2.45) is 0 Å². The van der Waals surface area contributed by atoms with Crippen molar-refractivity contribution < 1.29 is 0 Å². The van der Waals surface area contributed by atoms with Crippen LogP contribution in [0.3, 0.4) is 0 Å². The van der Waals surface area contributed by atoms with Gasteiger partial charge in [0.2, 0.25) is 0 Å². The second-order valence-corrected chi connectivity index (χ2v) is 8.42. The smallest absolute Gasteiger partial charge is 0.139 e. The third-order valence-electron chi connectivity index (χ3n) is 5.76. The van der Waals surface area contributed by atoms with Crippen LogP contribution in [0.15, 0.2) is 91.0 Å². The largest absolute Gasteiger partial charge is 0.338 e. The number of nitrogens with zero attached hydrogens (tertiary/aromatic N) is 1. The number of hydrogen-bond donors (Lipinski definition) is 1. The lowest BCUT2D eigenvalue weighted by Gasteiger charge is -2.14. The molecule has 0 amide bonds. The van der Waals surface area contributed by atoms with E-state index in [0.717, 1.165) is 55.1 Å². The van der Waals surface area contributed by atoms with Crippen LogP contribution in [-0.4, -0.2) is 9.97 Å². The van der Waals surface area contributed by atoms with Crippen molar-refractivity contribution in [2.45, 2.75) is 0 Å². The minimum Gasteiger partial charge on any atom is -0.338 e. The summed E-state index contributed by atoms with van der Waals surface area (Å²) in [6, 6.07) is 30.7. The van der Waals surface area contributed by atoms with E-state index in [-0.39, 0.29) is 0 Å². The molecule has 0 aliphatic rings. The normalized spacial score (nSPS) is 11.5. The molecule has 0 bridgehead atoms. The number of imidazole rings is 1. The van der Waals surface area contributed by atoms with E-state index in [1.807, 2.05) is 42.5 Å². The van der Waals surface area contributed by atoms with Gasteiger partial charge >= 0.3 is 0 Å². The highest BCUT2D eigenvalue weighted by molar-refractivity contribution is 6.39. The zero-order valence-electron chi connectivity index (χ0n) is 16.4. The molecule has 0 saturated heterocycles. The van der Waals surface area contributed by atoms with Crippen LogP contribution < -0.4 is 0 Å². The molecular weight excluding hydrogens is 423 g/mol. The van der Waals surface area contributed by atoms with E-state index in [9.17, 15) is 0 Å². The number of benzene rings is 5. The number of halogens is 2. The number of para-hydroxylation sites is 2. The molecule has 2 nitrogen and oxygen atoms in total. The van der Waals surface area contributed by atoms with Gasteiger partial charge in [-0.3, -0.25) is 0 Å². The van der Waals surface area contributed by atoms with Gasteiger partial charge < -0.3 is 4.98 Å². The van der Waals surface area contributed by atoms with Crippen LogP contribution in [-0.2, 0) is 0 Å². The van der Waals surface area contributed by atoms with E-state index >= 15 is 0 Å². The third-order valence-corrected chi connectivity index (χ3v) is 6.41. The van der Waals surface area contributed by atoms with Gasteiger partial charge in [-0.25, -0.2) is 4.98 Å². The molecule has 6 aromatic rings. The number of hydrogen-bond acceptors (Lipinski definition) is 1. The van der Waals surface area contributed by atoms with Crippen LogP contribution in [0, 0.1) is 0 Å². The molecule has 0 unspecified atom stereocenters. The molecule has 4 heteroatoms. The molecule has 0 aliphatic carbocycles. The molecule has 1 aromatic heterocycles. The van der Waals surface area contributed by atoms with Crippen LogP contribution in [0.4, 0.5) is 0 Å². The highest BCUT2D eigenvalue weighted by Gasteiger charge is 2.18. The predicted octanol–water partition coefficient (Wildman–Crippen LogP) is 8.51. The standard InChI is InChI=1S/C27H16Cl2N2/c28-18-12-9-17-11-14-21(26(29)22(17)15-18)20-13-10-16-5-1-2-6-19(16)25(20)27-30-23-7-3-4-8-24(23)31-27/h1-15H,(H,30,31). The Balaban J connectivity index is 1.71. The molecule has 5 aromatic carbocycles. The summed E-state index contributed by atoms with van der Waals surface area (Å²) in [7, 11) is 0. The predicted molar refractivity (Wildman–Crippen MR) is 132 cm³/mol. The van der Waals surface area contributed by atoms with Crippen molar-refractivity contribution in [3.05, 3.63) is 101 Å². The molecule has 148 valence electrons. The maximum absolute atomic E-state index is 6.95. The van der Waals surface area contributed by atoms with Gasteiger partial charge in [0.15, 0.2) is 0 Å². The topological polar surface area (TPSA) is 28.7 Å². The third kappa shape index (κ3) is 2.99. The Morgan fingerprint density at radius 1 is 0.645 bits per heavy atom. The first-order chi connectivity index (χ1) is 15.2. The van der Waals surface area contributed by atoms with Crippen LogP contribution in [0.5, 0.6) is 0 Å². The summed E-state index contributed by atoms with van der Waals surface area (Å²) in [5.74, 6) is 0.829. The lowest BCUT2D eigenvalue weighted by molar-refractivity contribution is 1.35. The zero-order chi connectivity index (χ0) is 20.9. The van der Waals surface area contributed by atoms with Crippen molar-refractivity contribution in [3.63, 3.8) is 0 Å². The van der Waals surface area contributed by atoms with E-state index in [2.05, 4.69) is 53.5 Å². The summed E-state index contributed by atoms with van der Waals surface area (Å²) in [6.45, 7) is 0. The lowest BCUT2D eigenvalue weighted by atomic mass is 9.92. The minimum absolute atomic E-state index is 0.669. The molecule has 1 heterocycles. The first-order valence-electron chi connectivity index (χ1n) is 10.0. The molecule has 0 atom stereocenters. The summed E-state index contributed by atoms with van der Waals surface area (Å²) < 4.78 is 0. The molecule has 0 aliphatic heterocycles. The Kier molecular flexibility index (Phi) is 4.24. The SMILES string of the molecule is Clc1ccc2ccc(-c3ccc4ccccc4c3-c3nc4ccccc4[nH]3)c(Cl)c2c1. The zero-order valence-corrected chi connectivity index (χ0v) is 17.9. The van der Waals surface area contributed by atoms with Gasteiger partial charge in [0.05, 0.1) is 16.1 Å². The fraction of sp³-hybridized carbons (Fsp3) is 0. The summed E-state index contributed by atoms with van der Waals surface area (Å²) in [5, 5.41) is 5.64. The first-order valence-corrected chi connectivity index (χ1v) is 10.8. The molecule has 31 heavy (non-hydrogen) atoms. The number of H-pyrrole nitrogens is 1. The van der Waals surface area contributed by atoms with Crippen LogP contribution in [0.1, 0.15) is 0 Å². The lowest BCUT2D eigenvalue weighted by Crippen LogP contribution is -1.91. The van der Waals surface area contributed by atoms with Crippen LogP contribution in [0.25, 0.3) is 55.1 Å².